The number of aromatic nitrogens is 2. The Bertz CT molecular complexity index is 580. The fraction of sp³-hybridized carbons (Fsp3) is 0.667. The molecule has 0 aromatic carbocycles. The summed E-state index contributed by atoms with van der Waals surface area (Å²) in [5.41, 5.74) is 4.61. The minimum Gasteiger partial charge on any atom is -0.394 e. The smallest absolute Gasteiger partial charge is 0.351 e. The van der Waals surface area contributed by atoms with Gasteiger partial charge in [0.2, 0.25) is 5.79 Å². The Hall–Kier alpha value is -1.56. The van der Waals surface area contributed by atoms with Crippen LogP contribution >= 0.6 is 0 Å². The van der Waals surface area contributed by atoms with Crippen molar-refractivity contribution in [1.29, 1.82) is 0 Å². The number of nitrogen functional groups attached to an aromatic ring is 1. The highest BCUT2D eigenvalue weighted by Crippen LogP contribution is 2.39. The standard InChI is InChI=1S/C12H19N3O7/c1-6(20-2)22-12(19)9(17)7(5-16)21-10(12)15-4-3-8(13)14-11(15)18/h3-4,6-7,9-10,16-17,19H,5H2,1-2H3,(H2,13,14,18)/t6?,7-,9-,10-,12+/m1/s1. The Labute approximate surface area is 125 Å². The van der Waals surface area contributed by atoms with Crippen molar-refractivity contribution in [3.05, 3.63) is 22.7 Å². The van der Waals surface area contributed by atoms with E-state index >= 15 is 0 Å². The predicted molar refractivity (Wildman–Crippen MR) is 72.4 cm³/mol. The highest BCUT2D eigenvalue weighted by Gasteiger charge is 2.58. The monoisotopic (exact) mass is 317 g/mol. The summed E-state index contributed by atoms with van der Waals surface area (Å²) >= 11 is 0. The van der Waals surface area contributed by atoms with Crippen molar-refractivity contribution in [2.24, 2.45) is 0 Å². The van der Waals surface area contributed by atoms with E-state index in [1.807, 2.05) is 0 Å². The molecule has 0 radical (unpaired) electrons. The molecule has 1 aromatic heterocycles. The molecule has 5 atom stereocenters. The number of ether oxygens (including phenoxy) is 3. The molecule has 0 saturated carbocycles. The summed E-state index contributed by atoms with van der Waals surface area (Å²) in [7, 11) is 1.34. The molecule has 0 spiro atoms. The summed E-state index contributed by atoms with van der Waals surface area (Å²) in [5.74, 6) is -2.32. The first-order valence-corrected chi connectivity index (χ1v) is 6.55. The van der Waals surface area contributed by atoms with Gasteiger partial charge in [-0.3, -0.25) is 4.57 Å². The molecule has 1 aliphatic rings. The van der Waals surface area contributed by atoms with Crippen molar-refractivity contribution >= 4 is 5.82 Å². The quantitative estimate of drug-likeness (QED) is 0.443. The molecule has 124 valence electrons. The van der Waals surface area contributed by atoms with Crippen molar-refractivity contribution in [2.45, 2.75) is 37.4 Å². The van der Waals surface area contributed by atoms with E-state index in [0.717, 1.165) is 4.57 Å². The first-order chi connectivity index (χ1) is 10.3. The van der Waals surface area contributed by atoms with Crippen molar-refractivity contribution in [1.82, 2.24) is 9.55 Å². The Kier molecular flexibility index (Phi) is 4.80. The molecule has 0 amide bonds. The molecule has 1 saturated heterocycles. The van der Waals surface area contributed by atoms with E-state index in [2.05, 4.69) is 4.98 Å². The van der Waals surface area contributed by atoms with Crippen molar-refractivity contribution < 1.29 is 29.5 Å². The van der Waals surface area contributed by atoms with E-state index in [4.69, 9.17) is 19.9 Å². The lowest BCUT2D eigenvalue weighted by Crippen LogP contribution is -2.52. The van der Waals surface area contributed by atoms with Gasteiger partial charge in [0.05, 0.1) is 6.61 Å². The summed E-state index contributed by atoms with van der Waals surface area (Å²) in [6.45, 7) is 0.903. The maximum atomic E-state index is 11.9. The summed E-state index contributed by atoms with van der Waals surface area (Å²) in [4.78, 5) is 15.4. The fourth-order valence-electron chi connectivity index (χ4n) is 2.20. The van der Waals surface area contributed by atoms with Gasteiger partial charge in [0.25, 0.3) is 0 Å². The van der Waals surface area contributed by atoms with Crippen LogP contribution in [0.4, 0.5) is 5.82 Å². The maximum absolute atomic E-state index is 11.9. The average Bonchev–Trinajstić information content (AvgIpc) is 2.71. The number of anilines is 1. The largest absolute Gasteiger partial charge is 0.394 e. The molecule has 2 rings (SSSR count). The molecule has 1 aliphatic heterocycles. The van der Waals surface area contributed by atoms with E-state index in [1.54, 1.807) is 0 Å². The number of aliphatic hydroxyl groups excluding tert-OH is 2. The van der Waals surface area contributed by atoms with E-state index in [9.17, 15) is 20.1 Å². The predicted octanol–water partition coefficient (Wildman–Crippen LogP) is -2.23. The average molecular weight is 317 g/mol. The molecular formula is C12H19N3O7. The molecule has 0 aliphatic carbocycles. The zero-order chi connectivity index (χ0) is 16.5. The third-order valence-corrected chi connectivity index (χ3v) is 3.40. The molecular weight excluding hydrogens is 298 g/mol. The molecule has 1 aromatic rings. The number of hydrogen-bond donors (Lipinski definition) is 4. The minimum atomic E-state index is -2.32. The van der Waals surface area contributed by atoms with Gasteiger partial charge in [-0.1, -0.05) is 0 Å². The third-order valence-electron chi connectivity index (χ3n) is 3.40. The van der Waals surface area contributed by atoms with Gasteiger partial charge in [0, 0.05) is 13.3 Å². The molecule has 10 heteroatoms. The molecule has 1 unspecified atom stereocenters. The Balaban J connectivity index is 2.44. The van der Waals surface area contributed by atoms with Gasteiger partial charge in [-0.15, -0.1) is 0 Å². The zero-order valence-corrected chi connectivity index (χ0v) is 12.1. The lowest BCUT2D eigenvalue weighted by atomic mass is 10.1. The van der Waals surface area contributed by atoms with Crippen LogP contribution in [-0.4, -0.2) is 62.9 Å². The molecule has 0 bridgehead atoms. The van der Waals surface area contributed by atoms with Crippen LogP contribution in [0.5, 0.6) is 0 Å². The van der Waals surface area contributed by atoms with E-state index in [-0.39, 0.29) is 5.82 Å². The summed E-state index contributed by atoms with van der Waals surface area (Å²) in [5, 5.41) is 30.0. The second-order valence-electron chi connectivity index (χ2n) is 4.87. The van der Waals surface area contributed by atoms with Crippen LogP contribution in [0.15, 0.2) is 17.1 Å². The number of hydrogen-bond acceptors (Lipinski definition) is 9. The first kappa shape index (κ1) is 16.8. The second kappa shape index (κ2) is 6.28. The van der Waals surface area contributed by atoms with Gasteiger partial charge < -0.3 is 35.3 Å². The van der Waals surface area contributed by atoms with Gasteiger partial charge in [-0.05, 0) is 13.0 Å². The summed E-state index contributed by atoms with van der Waals surface area (Å²) in [6.07, 6.45) is -3.85. The Morgan fingerprint density at radius 3 is 2.86 bits per heavy atom. The molecule has 1 fully saturated rings. The minimum absolute atomic E-state index is 0.00628. The summed E-state index contributed by atoms with van der Waals surface area (Å²) in [6, 6.07) is 1.32. The van der Waals surface area contributed by atoms with Crippen LogP contribution in [0.1, 0.15) is 13.2 Å². The highest BCUT2D eigenvalue weighted by atomic mass is 16.8. The Morgan fingerprint density at radius 2 is 2.32 bits per heavy atom. The fourth-order valence-corrected chi connectivity index (χ4v) is 2.20. The third kappa shape index (κ3) is 2.84. The number of methoxy groups -OCH3 is 1. The van der Waals surface area contributed by atoms with Crippen molar-refractivity contribution in [2.75, 3.05) is 19.5 Å². The number of nitrogens with two attached hydrogens (primary N) is 1. The van der Waals surface area contributed by atoms with Gasteiger partial charge in [-0.25, -0.2) is 4.79 Å². The van der Waals surface area contributed by atoms with Crippen LogP contribution in [0, 0.1) is 0 Å². The van der Waals surface area contributed by atoms with E-state index in [0.29, 0.717) is 0 Å². The van der Waals surface area contributed by atoms with Gasteiger partial charge in [0.15, 0.2) is 12.5 Å². The number of rotatable bonds is 5. The van der Waals surface area contributed by atoms with Crippen molar-refractivity contribution in [3.63, 3.8) is 0 Å². The van der Waals surface area contributed by atoms with Crippen LogP contribution in [0.25, 0.3) is 0 Å². The molecule has 10 nitrogen and oxygen atoms in total. The molecule has 2 heterocycles. The lowest BCUT2D eigenvalue weighted by molar-refractivity contribution is -0.330. The van der Waals surface area contributed by atoms with Crippen LogP contribution in [-0.2, 0) is 14.2 Å². The SMILES string of the molecule is COC(C)O[C@@]1(O)[C@H](O)[C@@H](CO)O[C@H]1n1ccc(N)nc1=O. The maximum Gasteiger partial charge on any atom is 0.351 e. The van der Waals surface area contributed by atoms with Crippen molar-refractivity contribution in [3.8, 4) is 0 Å². The second-order valence-corrected chi connectivity index (χ2v) is 4.87. The summed E-state index contributed by atoms with van der Waals surface area (Å²) < 4.78 is 16.4. The molecule has 5 N–H and O–H groups in total. The Morgan fingerprint density at radius 1 is 1.64 bits per heavy atom. The normalized spacial score (nSPS) is 33.0. The first-order valence-electron chi connectivity index (χ1n) is 6.55. The topological polar surface area (TPSA) is 149 Å². The van der Waals surface area contributed by atoms with Gasteiger partial charge in [-0.2, -0.15) is 4.98 Å². The zero-order valence-electron chi connectivity index (χ0n) is 12.1. The van der Waals surface area contributed by atoms with Gasteiger partial charge >= 0.3 is 5.69 Å². The van der Waals surface area contributed by atoms with Crippen LogP contribution < -0.4 is 11.4 Å². The van der Waals surface area contributed by atoms with E-state index in [1.165, 1.54) is 26.3 Å². The van der Waals surface area contributed by atoms with Crippen LogP contribution in [0.3, 0.4) is 0 Å². The molecule has 22 heavy (non-hydrogen) atoms. The van der Waals surface area contributed by atoms with E-state index < -0.39 is 42.8 Å². The highest BCUT2D eigenvalue weighted by molar-refractivity contribution is 5.23. The lowest BCUT2D eigenvalue weighted by Gasteiger charge is -2.33. The van der Waals surface area contributed by atoms with Gasteiger partial charge in [0.1, 0.15) is 18.0 Å². The number of aliphatic hydroxyl groups is 3. The number of nitrogens with zero attached hydrogens (tertiary/aromatic N) is 2. The van der Waals surface area contributed by atoms with Crippen LogP contribution in [0.2, 0.25) is 0 Å².